The molecule has 0 amide bonds. The van der Waals surface area contributed by atoms with Crippen molar-refractivity contribution in [3.8, 4) is 0 Å². The van der Waals surface area contributed by atoms with Gasteiger partial charge in [0, 0.05) is 29.9 Å². The quantitative estimate of drug-likeness (QED) is 0.0411. The van der Waals surface area contributed by atoms with Crippen molar-refractivity contribution >= 4 is 89.7 Å². The summed E-state index contributed by atoms with van der Waals surface area (Å²) in [7, 11) is 0. The molecule has 7 fully saturated rings. The minimum absolute atomic E-state index is 0.00881. The Labute approximate surface area is 514 Å². The van der Waals surface area contributed by atoms with E-state index in [9.17, 15) is 43.8 Å². The third-order valence-corrected chi connectivity index (χ3v) is 22.0. The summed E-state index contributed by atoms with van der Waals surface area (Å²) < 4.78 is 87.2. The molecular formula is C47H59N14O22P3S3. The van der Waals surface area contributed by atoms with E-state index in [4.69, 9.17) is 107 Å². The van der Waals surface area contributed by atoms with Crippen LogP contribution in [0.2, 0.25) is 0 Å². The second-order valence-electron chi connectivity index (χ2n) is 22.6. The van der Waals surface area contributed by atoms with Crippen LogP contribution in [0.3, 0.4) is 0 Å². The third kappa shape index (κ3) is 10.5. The normalized spacial score (nSPS) is 36.6. The lowest BCUT2D eigenvalue weighted by molar-refractivity contribution is -0.218. The molecule has 7 unspecified atom stereocenters. The van der Waals surface area contributed by atoms with Gasteiger partial charge in [0.1, 0.15) is 71.5 Å². The Balaban J connectivity index is 0.764. The predicted molar refractivity (Wildman–Crippen MR) is 313 cm³/mol. The van der Waals surface area contributed by atoms with Crippen molar-refractivity contribution in [2.24, 2.45) is 0 Å². The van der Waals surface area contributed by atoms with Gasteiger partial charge in [-0.15, -0.1) is 0 Å². The maximum atomic E-state index is 13.5. The van der Waals surface area contributed by atoms with E-state index in [1.807, 2.05) is 6.92 Å². The molecule has 0 saturated carbocycles. The second-order valence-corrected chi connectivity index (χ2v) is 30.9. The molecular weight excluding hydrogens is 1300 g/mol. The highest BCUT2D eigenvalue weighted by molar-refractivity contribution is 8.07. The number of fused-ring (bicyclic) bond motifs is 8. The fourth-order valence-electron chi connectivity index (χ4n) is 12.7. The molecule has 11 N–H and O–H groups in total. The van der Waals surface area contributed by atoms with Crippen LogP contribution in [0, 0.1) is 13.8 Å². The molecule has 0 aliphatic carbocycles. The molecule has 21 atom stereocenters. The van der Waals surface area contributed by atoms with Crippen molar-refractivity contribution in [2.75, 3.05) is 31.3 Å². The lowest BCUT2D eigenvalue weighted by Gasteiger charge is -2.39. The van der Waals surface area contributed by atoms with Gasteiger partial charge in [0.25, 0.3) is 16.7 Å². The number of nitrogen functional groups attached to an aromatic ring is 2. The van der Waals surface area contributed by atoms with E-state index in [0.717, 1.165) is 9.13 Å². The first-order valence-electron chi connectivity index (χ1n) is 27.6. The minimum Gasteiger partial charge on any atom is -0.387 e. The van der Waals surface area contributed by atoms with Gasteiger partial charge in [0.15, 0.2) is 41.3 Å². The van der Waals surface area contributed by atoms with Crippen molar-refractivity contribution < 1.29 is 80.1 Å². The van der Waals surface area contributed by atoms with Crippen molar-refractivity contribution in [3.05, 3.63) is 94.5 Å². The number of hydrogen-bond donors (Lipinski definition) is 9. The van der Waals surface area contributed by atoms with E-state index < -0.39 is 177 Å². The number of aromatic nitrogens is 12. The first kappa shape index (κ1) is 62.9. The SMILES string of the molecule is CC[C@H]1O[C@@H](n2cnc3c(=O)[nH]c(N)nc32)CC1OP(O)(=S)OC[C@]12O[C@@H](n3cc(C)c(=O)[nH]c3=O)[C@@H](O[C@H]1C)C2OP(O)(=S)OC[C@]12O[C@@H](n3cc(C)c(=O)[nH]c3=O)[C@@H](O[C@H]1C)C2OP(O)(=S)OC[C@]12O[C@@H](n3cnc4c(N)ncnc43)[C@@H](O[C@H]1C)C2O. The number of anilines is 2. The van der Waals surface area contributed by atoms with E-state index in [-0.39, 0.29) is 51.6 Å². The average Bonchev–Trinajstić information content (AvgIpc) is 1.57. The van der Waals surface area contributed by atoms with E-state index in [1.54, 1.807) is 13.8 Å². The molecule has 7 saturated heterocycles. The number of aliphatic hydroxyl groups is 1. The Kier molecular flexibility index (Phi) is 15.9. The molecule has 482 valence electrons. The molecule has 6 bridgehead atoms. The highest BCUT2D eigenvalue weighted by Gasteiger charge is 2.72. The second kappa shape index (κ2) is 22.4. The fourth-order valence-corrected chi connectivity index (χ4v) is 17.1. The number of nitrogens with zero attached hydrogens (tertiary/aromatic N) is 9. The fraction of sp³-hybridized carbons (Fsp3) is 0.617. The van der Waals surface area contributed by atoms with Gasteiger partial charge in [-0.05, 0) is 76.5 Å². The van der Waals surface area contributed by atoms with Gasteiger partial charge in [-0.1, -0.05) is 6.92 Å². The van der Waals surface area contributed by atoms with E-state index in [0.29, 0.717) is 6.42 Å². The van der Waals surface area contributed by atoms with Crippen LogP contribution < -0.4 is 39.5 Å². The molecule has 42 heteroatoms. The zero-order chi connectivity index (χ0) is 63.4. The van der Waals surface area contributed by atoms with E-state index in [2.05, 4.69) is 39.9 Å². The number of nitrogens with two attached hydrogens (primary N) is 2. The van der Waals surface area contributed by atoms with Gasteiger partial charge < -0.3 is 82.5 Å². The summed E-state index contributed by atoms with van der Waals surface area (Å²) in [6.07, 6.45) is -10.6. The Morgan fingerprint density at radius 2 is 1.11 bits per heavy atom. The number of nitrogens with one attached hydrogen (secondary N) is 3. The van der Waals surface area contributed by atoms with E-state index >= 15 is 0 Å². The van der Waals surface area contributed by atoms with Gasteiger partial charge in [-0.2, -0.15) is 4.98 Å². The Morgan fingerprint density at radius 3 is 1.67 bits per heavy atom. The lowest BCUT2D eigenvalue weighted by Crippen LogP contribution is -2.52. The number of rotatable bonds is 20. The van der Waals surface area contributed by atoms with Crippen molar-refractivity contribution in [1.29, 1.82) is 0 Å². The third-order valence-electron chi connectivity index (χ3n) is 17.4. The molecule has 6 aromatic rings. The summed E-state index contributed by atoms with van der Waals surface area (Å²) in [5.74, 6) is -0.0489. The van der Waals surface area contributed by atoms with Gasteiger partial charge in [-0.3, -0.25) is 56.7 Å². The van der Waals surface area contributed by atoms with Crippen LogP contribution in [0.5, 0.6) is 0 Å². The number of aryl methyl sites for hydroxylation is 2. The number of ether oxygens (including phenoxy) is 7. The molecule has 13 rings (SSSR count). The van der Waals surface area contributed by atoms with Gasteiger partial charge in [0.05, 0.1) is 63.0 Å². The van der Waals surface area contributed by atoms with Gasteiger partial charge in [0.2, 0.25) is 5.95 Å². The zero-order valence-corrected chi connectivity index (χ0v) is 52.6. The number of aliphatic hydroxyl groups excluding tert-OH is 1. The van der Waals surface area contributed by atoms with Crippen LogP contribution in [-0.2, 0) is 95.7 Å². The average molecular weight is 1360 g/mol. The van der Waals surface area contributed by atoms with Crippen LogP contribution in [-0.4, -0.2) is 182 Å². The predicted octanol–water partition coefficient (Wildman–Crippen LogP) is -1.08. The van der Waals surface area contributed by atoms with Gasteiger partial charge in [-0.25, -0.2) is 29.5 Å². The van der Waals surface area contributed by atoms with Crippen molar-refractivity contribution in [1.82, 2.24) is 58.1 Å². The molecule has 89 heavy (non-hydrogen) atoms. The highest BCUT2D eigenvalue weighted by Crippen LogP contribution is 2.62. The summed E-state index contributed by atoms with van der Waals surface area (Å²) in [4.78, 5) is 129. The number of hydrogen-bond acceptors (Lipinski definition) is 29. The van der Waals surface area contributed by atoms with Crippen molar-refractivity contribution in [3.63, 3.8) is 0 Å². The van der Waals surface area contributed by atoms with Gasteiger partial charge >= 0.3 is 31.5 Å². The maximum absolute atomic E-state index is 13.5. The number of imidazole rings is 2. The molecule has 0 radical (unpaired) electrons. The molecule has 13 heterocycles. The lowest BCUT2D eigenvalue weighted by atomic mass is 9.94. The van der Waals surface area contributed by atoms with Crippen molar-refractivity contribution in [2.45, 2.75) is 163 Å². The molecule has 0 aromatic carbocycles. The number of aromatic amines is 3. The topological polar surface area (TPSA) is 470 Å². The maximum Gasteiger partial charge on any atom is 0.330 e. The molecule has 0 spiro atoms. The zero-order valence-electron chi connectivity index (χ0n) is 47.5. The molecule has 7 aliphatic heterocycles. The molecule has 7 aliphatic rings. The number of H-pyrrole nitrogens is 3. The summed E-state index contributed by atoms with van der Waals surface area (Å²) in [5, 5.41) is 11.7. The summed E-state index contributed by atoms with van der Waals surface area (Å²) in [6.45, 7) is -6.40. The largest absolute Gasteiger partial charge is 0.387 e. The first-order chi connectivity index (χ1) is 42.0. The Morgan fingerprint density at radius 1 is 0.629 bits per heavy atom. The summed E-state index contributed by atoms with van der Waals surface area (Å²) in [6, 6.07) is 0. The molecule has 6 aromatic heterocycles. The van der Waals surface area contributed by atoms with Crippen LogP contribution in [0.1, 0.15) is 76.6 Å². The first-order valence-corrected chi connectivity index (χ1v) is 35.4. The highest BCUT2D eigenvalue weighted by atomic mass is 32.5. The van der Waals surface area contributed by atoms with Crippen LogP contribution in [0.4, 0.5) is 11.8 Å². The van der Waals surface area contributed by atoms with E-state index in [1.165, 1.54) is 61.3 Å². The Bertz CT molecular complexity index is 4310. The Hall–Kier alpha value is -4.87. The van der Waals surface area contributed by atoms with Crippen LogP contribution in [0.15, 0.2) is 55.3 Å². The standard InChI is InChI=1S/C47H59N14O22P3S3/c1-7-22-23(8-24(77-22)60-15-53-26-35(60)54-42(49)55-38(26)65)81-84(68,87)72-12-46-20(5)75-28(40(79-46)58-9-17(2)36(63)56-43(58)66)31(46)83-86(70,89)73-13-47-21(6)76-29(41(80-47)59-10-18(3)37(64)57-44(59)67)32(47)82-85(69,88)71-11-45-19(4)74-27(30(45)62)39(78-45)61-16-52-25-33(48)50-14-51-34(25)61/h9-10,14-16,19-24,27-32,39-41,62H,7-8,11-13H2,1-6H3,(H,68,87)(H,69,88)(H,70,89)(H2,48,50,51)(H,56,63,66)(H,57,64,67)(H3,49,54,55,65)/t19-,20-,21-,22+,23?,24+,27-,28-,29-,30?,31?,32?,39+,40+,41+,45-,46-,47-,84?,85?,86?/m0/s1. The molecule has 36 nitrogen and oxygen atoms in total. The minimum atomic E-state index is -4.75. The smallest absolute Gasteiger partial charge is 0.330 e. The van der Waals surface area contributed by atoms with Crippen LogP contribution in [0.25, 0.3) is 22.3 Å². The summed E-state index contributed by atoms with van der Waals surface area (Å²) >= 11 is 17.0. The summed E-state index contributed by atoms with van der Waals surface area (Å²) in [5.41, 5.74) is 3.41. The monoisotopic (exact) mass is 1360 g/mol. The van der Waals surface area contributed by atoms with Crippen LogP contribution >= 0.6 is 20.2 Å².